The Kier molecular flexibility index (Phi) is 2.98. The quantitative estimate of drug-likeness (QED) is 0.749. The van der Waals surface area contributed by atoms with E-state index < -0.39 is 11.9 Å². The molecule has 108 valence electrons. The summed E-state index contributed by atoms with van der Waals surface area (Å²) in [5.41, 5.74) is 4.55. The van der Waals surface area contributed by atoms with Gasteiger partial charge in [0.05, 0.1) is 6.20 Å². The van der Waals surface area contributed by atoms with E-state index in [0.29, 0.717) is 10.6 Å². The van der Waals surface area contributed by atoms with Gasteiger partial charge in [0.25, 0.3) is 0 Å². The van der Waals surface area contributed by atoms with E-state index in [4.69, 9.17) is 17.3 Å². The van der Waals surface area contributed by atoms with Gasteiger partial charge < -0.3 is 5.73 Å². The molecular formula is C12H7ClF3N5. The number of nitrogen functional groups attached to an aromatic ring is 1. The first-order valence-corrected chi connectivity index (χ1v) is 6.08. The maximum atomic E-state index is 13.0. The molecule has 2 heterocycles. The highest BCUT2D eigenvalue weighted by Gasteiger charge is 2.37. The molecule has 2 N–H and O–H groups in total. The van der Waals surface area contributed by atoms with Gasteiger partial charge in [-0.1, -0.05) is 11.6 Å². The molecule has 0 aliphatic rings. The zero-order valence-corrected chi connectivity index (χ0v) is 11.0. The molecule has 2 aromatic heterocycles. The van der Waals surface area contributed by atoms with Crippen molar-refractivity contribution in [2.75, 3.05) is 5.73 Å². The zero-order chi connectivity index (χ0) is 15.2. The maximum Gasteiger partial charge on any atom is 0.435 e. The molecule has 9 heteroatoms. The van der Waals surface area contributed by atoms with Gasteiger partial charge in [0.15, 0.2) is 11.5 Å². The number of fused-ring (bicyclic) bond motifs is 1. The van der Waals surface area contributed by atoms with E-state index in [1.165, 1.54) is 0 Å². The van der Waals surface area contributed by atoms with Crippen LogP contribution in [0.3, 0.4) is 0 Å². The van der Waals surface area contributed by atoms with Crippen LogP contribution >= 0.6 is 11.6 Å². The number of benzene rings is 1. The normalized spacial score (nSPS) is 12.0. The van der Waals surface area contributed by atoms with Crippen molar-refractivity contribution in [3.05, 3.63) is 41.2 Å². The first kappa shape index (κ1) is 13.6. The predicted octanol–water partition coefficient (Wildman–Crippen LogP) is 3.05. The lowest BCUT2D eigenvalue weighted by Gasteiger charge is -2.02. The van der Waals surface area contributed by atoms with Gasteiger partial charge in [-0.05, 0) is 24.3 Å². The van der Waals surface area contributed by atoms with Crippen LogP contribution in [0.1, 0.15) is 5.69 Å². The molecule has 0 amide bonds. The molecule has 0 aliphatic carbocycles. The molecule has 0 saturated heterocycles. The van der Waals surface area contributed by atoms with Gasteiger partial charge in [0, 0.05) is 10.6 Å². The van der Waals surface area contributed by atoms with Gasteiger partial charge in [-0.25, -0.2) is 14.5 Å². The molecule has 0 spiro atoms. The Bertz CT molecular complexity index is 810. The second-order valence-corrected chi connectivity index (χ2v) is 4.64. The van der Waals surface area contributed by atoms with E-state index in [0.717, 1.165) is 10.7 Å². The van der Waals surface area contributed by atoms with Crippen molar-refractivity contribution < 1.29 is 13.2 Å². The van der Waals surface area contributed by atoms with Crippen LogP contribution in [-0.4, -0.2) is 19.6 Å². The van der Waals surface area contributed by atoms with Crippen molar-refractivity contribution in [3.8, 4) is 11.4 Å². The summed E-state index contributed by atoms with van der Waals surface area (Å²) in [5, 5.41) is 4.26. The molecule has 3 rings (SSSR count). The molecular weight excluding hydrogens is 307 g/mol. The summed E-state index contributed by atoms with van der Waals surface area (Å²) in [7, 11) is 0. The summed E-state index contributed by atoms with van der Waals surface area (Å²) in [6.07, 6.45) is -3.62. The third-order valence-corrected chi connectivity index (χ3v) is 3.03. The first-order chi connectivity index (χ1) is 9.86. The fourth-order valence-corrected chi connectivity index (χ4v) is 2.02. The van der Waals surface area contributed by atoms with Gasteiger partial charge in [-0.15, -0.1) is 5.10 Å². The summed E-state index contributed by atoms with van der Waals surface area (Å²) >= 11 is 5.77. The van der Waals surface area contributed by atoms with Crippen molar-refractivity contribution in [1.82, 2.24) is 19.6 Å². The highest BCUT2D eigenvalue weighted by molar-refractivity contribution is 6.30. The van der Waals surface area contributed by atoms with E-state index >= 15 is 0 Å². The van der Waals surface area contributed by atoms with Crippen LogP contribution in [0.2, 0.25) is 5.02 Å². The average molecular weight is 314 g/mol. The highest BCUT2D eigenvalue weighted by atomic mass is 35.5. The van der Waals surface area contributed by atoms with Gasteiger partial charge in [0.2, 0.25) is 5.95 Å². The molecule has 0 bridgehead atoms. The molecule has 0 saturated carbocycles. The molecule has 0 radical (unpaired) electrons. The lowest BCUT2D eigenvalue weighted by atomic mass is 10.2. The maximum absolute atomic E-state index is 13.0. The summed E-state index contributed by atoms with van der Waals surface area (Å²) < 4.78 is 40.1. The van der Waals surface area contributed by atoms with Crippen LogP contribution in [0, 0.1) is 0 Å². The minimum atomic E-state index is -4.62. The number of anilines is 1. The van der Waals surface area contributed by atoms with E-state index in [-0.39, 0.29) is 17.3 Å². The van der Waals surface area contributed by atoms with E-state index in [9.17, 15) is 13.2 Å². The highest BCUT2D eigenvalue weighted by Crippen LogP contribution is 2.34. The van der Waals surface area contributed by atoms with Gasteiger partial charge in [0.1, 0.15) is 5.52 Å². The fourth-order valence-electron chi connectivity index (χ4n) is 1.89. The van der Waals surface area contributed by atoms with Gasteiger partial charge in [-0.3, -0.25) is 0 Å². The Morgan fingerprint density at radius 3 is 2.43 bits per heavy atom. The summed E-state index contributed by atoms with van der Waals surface area (Å²) in [6.45, 7) is 0. The Morgan fingerprint density at radius 1 is 1.14 bits per heavy atom. The molecule has 0 fully saturated rings. The van der Waals surface area contributed by atoms with Crippen molar-refractivity contribution in [2.45, 2.75) is 6.18 Å². The monoisotopic (exact) mass is 313 g/mol. The molecule has 1 aromatic carbocycles. The number of rotatable bonds is 1. The van der Waals surface area contributed by atoms with Crippen molar-refractivity contribution in [2.24, 2.45) is 0 Å². The average Bonchev–Trinajstić information content (AvgIpc) is 2.78. The minimum absolute atomic E-state index is 0.0168. The molecule has 0 unspecified atom stereocenters. The molecule has 5 nitrogen and oxygen atoms in total. The van der Waals surface area contributed by atoms with Crippen LogP contribution in [0.25, 0.3) is 16.9 Å². The number of nitrogens with two attached hydrogens (primary N) is 1. The molecule has 0 aliphatic heterocycles. The van der Waals surface area contributed by atoms with Crippen LogP contribution in [0.5, 0.6) is 0 Å². The summed E-state index contributed by atoms with van der Waals surface area (Å²) in [6, 6.07) is 6.21. The van der Waals surface area contributed by atoms with Gasteiger partial charge >= 0.3 is 6.18 Å². The summed E-state index contributed by atoms with van der Waals surface area (Å²) in [4.78, 5) is 7.23. The topological polar surface area (TPSA) is 69.1 Å². The number of alkyl halides is 3. The van der Waals surface area contributed by atoms with E-state index in [2.05, 4.69) is 15.1 Å². The van der Waals surface area contributed by atoms with Crippen LogP contribution < -0.4 is 5.73 Å². The predicted molar refractivity (Wildman–Crippen MR) is 70.6 cm³/mol. The second kappa shape index (κ2) is 4.59. The third-order valence-electron chi connectivity index (χ3n) is 2.78. The lowest BCUT2D eigenvalue weighted by molar-refractivity contribution is -0.139. The van der Waals surface area contributed by atoms with E-state index in [1.54, 1.807) is 24.3 Å². The van der Waals surface area contributed by atoms with Crippen LogP contribution in [0.4, 0.5) is 19.1 Å². The summed E-state index contributed by atoms with van der Waals surface area (Å²) in [5.74, 6) is -0.132. The Hall–Kier alpha value is -2.35. The Morgan fingerprint density at radius 2 is 1.81 bits per heavy atom. The zero-order valence-electron chi connectivity index (χ0n) is 10.3. The number of hydrogen-bond acceptors (Lipinski definition) is 4. The van der Waals surface area contributed by atoms with Crippen molar-refractivity contribution in [3.63, 3.8) is 0 Å². The molecule has 3 aromatic rings. The molecule has 21 heavy (non-hydrogen) atoms. The first-order valence-electron chi connectivity index (χ1n) is 5.70. The largest absolute Gasteiger partial charge is 0.435 e. The number of aromatic nitrogens is 4. The Labute approximate surface area is 121 Å². The molecule has 0 atom stereocenters. The van der Waals surface area contributed by atoms with Crippen LogP contribution in [0.15, 0.2) is 30.5 Å². The third kappa shape index (κ3) is 2.38. The lowest BCUT2D eigenvalue weighted by Crippen LogP contribution is -2.07. The standard InChI is InChI=1S/C12H7ClF3N5/c13-7-3-1-6(2-4-7)10-19-9(12(14,15)16)8-5-18-11(17)20-21(8)10/h1-5H,(H2,17,20). The Balaban J connectivity index is 2.32. The second-order valence-electron chi connectivity index (χ2n) is 4.20. The number of hydrogen-bond donors (Lipinski definition) is 1. The fraction of sp³-hybridized carbons (Fsp3) is 0.0833. The van der Waals surface area contributed by atoms with Gasteiger partial charge in [-0.2, -0.15) is 13.2 Å². The van der Waals surface area contributed by atoms with E-state index in [1.807, 2.05) is 0 Å². The number of nitrogens with zero attached hydrogens (tertiary/aromatic N) is 4. The minimum Gasteiger partial charge on any atom is -0.367 e. The number of halogens is 4. The van der Waals surface area contributed by atoms with Crippen molar-refractivity contribution in [1.29, 1.82) is 0 Å². The number of imidazole rings is 1. The van der Waals surface area contributed by atoms with Crippen molar-refractivity contribution >= 4 is 23.1 Å². The van der Waals surface area contributed by atoms with Crippen LogP contribution in [-0.2, 0) is 6.18 Å². The smallest absolute Gasteiger partial charge is 0.367 e. The SMILES string of the molecule is Nc1ncc2c(C(F)(F)F)nc(-c3ccc(Cl)cc3)n2n1.